The van der Waals surface area contributed by atoms with Crippen molar-refractivity contribution in [3.63, 3.8) is 0 Å². The van der Waals surface area contributed by atoms with Crippen molar-refractivity contribution >= 4 is 21.4 Å². The van der Waals surface area contributed by atoms with E-state index in [1.807, 2.05) is 5.38 Å². The third-order valence-electron chi connectivity index (χ3n) is 4.77. The van der Waals surface area contributed by atoms with Crippen LogP contribution in [0.1, 0.15) is 102 Å². The van der Waals surface area contributed by atoms with Crippen molar-refractivity contribution in [1.82, 2.24) is 0 Å². The van der Waals surface area contributed by atoms with Gasteiger partial charge in [-0.15, -0.1) is 11.3 Å². The number of aryl methyl sites for hydroxylation is 1. The van der Waals surface area contributed by atoms with E-state index in [4.69, 9.17) is 5.14 Å². The number of thiophene rings is 1. The van der Waals surface area contributed by atoms with Gasteiger partial charge in [0.2, 0.25) is 10.0 Å². The van der Waals surface area contributed by atoms with Crippen LogP contribution in [0, 0.1) is 0 Å². The summed E-state index contributed by atoms with van der Waals surface area (Å²) in [7, 11) is -3.55. The van der Waals surface area contributed by atoms with Crippen molar-refractivity contribution in [2.24, 2.45) is 5.14 Å². The highest BCUT2D eigenvalue weighted by Gasteiger charge is 2.14. The van der Waals surface area contributed by atoms with E-state index in [2.05, 4.69) is 6.92 Å². The minimum absolute atomic E-state index is 0.326. The SMILES string of the molecule is CCCCCCCCCCCCCCCCc1sccc1S(N)(=O)=O. The Kier molecular flexibility index (Phi) is 12.5. The summed E-state index contributed by atoms with van der Waals surface area (Å²) in [5, 5.41) is 7.05. The normalized spacial score (nSPS) is 11.9. The molecule has 0 saturated carbocycles. The Labute approximate surface area is 159 Å². The van der Waals surface area contributed by atoms with Gasteiger partial charge in [-0.2, -0.15) is 0 Å². The fraction of sp³-hybridized carbons (Fsp3) is 0.800. The highest BCUT2D eigenvalue weighted by molar-refractivity contribution is 7.89. The lowest BCUT2D eigenvalue weighted by atomic mass is 10.0. The fourth-order valence-electron chi connectivity index (χ4n) is 3.24. The Morgan fingerprint density at radius 1 is 0.800 bits per heavy atom. The predicted octanol–water partition coefficient (Wildman–Crippen LogP) is 6.42. The minimum Gasteiger partial charge on any atom is -0.225 e. The van der Waals surface area contributed by atoms with Crippen LogP contribution in [-0.4, -0.2) is 8.42 Å². The first-order chi connectivity index (χ1) is 12.1. The molecule has 146 valence electrons. The van der Waals surface area contributed by atoms with E-state index < -0.39 is 10.0 Å². The third-order valence-corrected chi connectivity index (χ3v) is 6.87. The topological polar surface area (TPSA) is 60.2 Å². The molecular weight excluding hydrogens is 350 g/mol. The standard InChI is InChI=1S/C20H37NO2S2/c1-2-3-4-5-6-7-8-9-10-11-12-13-14-15-16-19-20(17-18-24-19)25(21,22)23/h17-18H,2-16H2,1H3,(H2,21,22,23). The zero-order valence-corrected chi connectivity index (χ0v) is 17.6. The van der Waals surface area contributed by atoms with Crippen LogP contribution in [0.25, 0.3) is 0 Å². The first-order valence-corrected chi connectivity index (χ1v) is 12.6. The molecule has 0 unspecified atom stereocenters. The molecule has 0 aliphatic heterocycles. The van der Waals surface area contributed by atoms with Crippen molar-refractivity contribution in [3.8, 4) is 0 Å². The molecule has 0 radical (unpaired) electrons. The van der Waals surface area contributed by atoms with Crippen molar-refractivity contribution in [3.05, 3.63) is 16.3 Å². The van der Waals surface area contributed by atoms with Gasteiger partial charge >= 0.3 is 0 Å². The summed E-state index contributed by atoms with van der Waals surface area (Å²) in [6.07, 6.45) is 19.6. The number of unbranched alkanes of at least 4 members (excludes halogenated alkanes) is 13. The highest BCUT2D eigenvalue weighted by atomic mass is 32.2. The lowest BCUT2D eigenvalue weighted by Crippen LogP contribution is -2.12. The molecule has 1 rings (SSSR count). The summed E-state index contributed by atoms with van der Waals surface area (Å²) < 4.78 is 22.9. The van der Waals surface area contributed by atoms with Crippen LogP contribution in [0.4, 0.5) is 0 Å². The minimum atomic E-state index is -3.55. The number of hydrogen-bond acceptors (Lipinski definition) is 3. The van der Waals surface area contributed by atoms with Gasteiger partial charge in [-0.3, -0.25) is 0 Å². The average molecular weight is 388 g/mol. The molecule has 2 N–H and O–H groups in total. The van der Waals surface area contributed by atoms with Gasteiger partial charge in [0, 0.05) is 4.88 Å². The Morgan fingerprint density at radius 3 is 1.68 bits per heavy atom. The number of rotatable bonds is 16. The Bertz CT molecular complexity index is 538. The number of nitrogens with two attached hydrogens (primary N) is 1. The molecule has 0 spiro atoms. The molecule has 0 aliphatic carbocycles. The Hall–Kier alpha value is -0.390. The van der Waals surface area contributed by atoms with Gasteiger partial charge in [-0.25, -0.2) is 13.6 Å². The van der Waals surface area contributed by atoms with Gasteiger partial charge in [0.25, 0.3) is 0 Å². The van der Waals surface area contributed by atoms with Crippen molar-refractivity contribution in [1.29, 1.82) is 0 Å². The van der Waals surface area contributed by atoms with E-state index in [9.17, 15) is 8.42 Å². The molecule has 3 nitrogen and oxygen atoms in total. The second-order valence-corrected chi connectivity index (χ2v) is 9.63. The predicted molar refractivity (Wildman–Crippen MR) is 110 cm³/mol. The molecule has 0 aliphatic rings. The molecular formula is C20H37NO2S2. The molecule has 0 aromatic carbocycles. The number of hydrogen-bond donors (Lipinski definition) is 1. The monoisotopic (exact) mass is 387 g/mol. The lowest BCUT2D eigenvalue weighted by molar-refractivity contribution is 0.535. The molecule has 1 aromatic rings. The molecule has 0 atom stereocenters. The van der Waals surface area contributed by atoms with E-state index in [0.29, 0.717) is 4.90 Å². The Balaban J connectivity index is 1.91. The maximum absolute atomic E-state index is 11.4. The smallest absolute Gasteiger partial charge is 0.225 e. The molecule has 25 heavy (non-hydrogen) atoms. The van der Waals surface area contributed by atoms with E-state index in [1.54, 1.807) is 6.07 Å². The third kappa shape index (κ3) is 11.0. The van der Waals surface area contributed by atoms with Crippen molar-refractivity contribution in [2.75, 3.05) is 0 Å². The maximum atomic E-state index is 11.4. The van der Waals surface area contributed by atoms with Gasteiger partial charge in [0.05, 0.1) is 4.90 Å². The summed E-state index contributed by atoms with van der Waals surface area (Å²) in [5.41, 5.74) is 0. The first kappa shape index (κ1) is 22.7. The van der Waals surface area contributed by atoms with Gasteiger partial charge < -0.3 is 0 Å². The summed E-state index contributed by atoms with van der Waals surface area (Å²) in [4.78, 5) is 1.24. The quantitative estimate of drug-likeness (QED) is 0.333. The van der Waals surface area contributed by atoms with Gasteiger partial charge in [-0.05, 0) is 24.3 Å². The summed E-state index contributed by atoms with van der Waals surface area (Å²) in [6.45, 7) is 2.27. The number of primary sulfonamides is 1. The van der Waals surface area contributed by atoms with Crippen LogP contribution in [0.5, 0.6) is 0 Å². The van der Waals surface area contributed by atoms with E-state index in [-0.39, 0.29) is 0 Å². The summed E-state index contributed by atoms with van der Waals surface area (Å²) in [5.74, 6) is 0. The summed E-state index contributed by atoms with van der Waals surface area (Å²) in [6, 6.07) is 1.62. The van der Waals surface area contributed by atoms with Gasteiger partial charge in [0.15, 0.2) is 0 Å². The second kappa shape index (κ2) is 13.8. The highest BCUT2D eigenvalue weighted by Crippen LogP contribution is 2.23. The lowest BCUT2D eigenvalue weighted by Gasteiger charge is -2.04. The fourth-order valence-corrected chi connectivity index (χ4v) is 5.32. The van der Waals surface area contributed by atoms with Crippen molar-refractivity contribution < 1.29 is 8.42 Å². The number of sulfonamides is 1. The first-order valence-electron chi connectivity index (χ1n) is 10.1. The summed E-state index contributed by atoms with van der Waals surface area (Å²) >= 11 is 1.50. The molecule has 1 aromatic heterocycles. The van der Waals surface area contributed by atoms with Crippen LogP contribution in [0.2, 0.25) is 0 Å². The molecule has 1 heterocycles. The molecule has 0 bridgehead atoms. The second-order valence-electron chi connectivity index (χ2n) is 7.10. The Morgan fingerprint density at radius 2 is 1.24 bits per heavy atom. The van der Waals surface area contributed by atoms with Crippen LogP contribution in [0.3, 0.4) is 0 Å². The largest absolute Gasteiger partial charge is 0.239 e. The van der Waals surface area contributed by atoms with Crippen molar-refractivity contribution in [2.45, 2.75) is 108 Å². The van der Waals surface area contributed by atoms with E-state index in [1.165, 1.54) is 94.8 Å². The molecule has 0 amide bonds. The maximum Gasteiger partial charge on any atom is 0.239 e. The van der Waals surface area contributed by atoms with Crippen LogP contribution < -0.4 is 5.14 Å². The molecule has 0 saturated heterocycles. The molecule has 0 fully saturated rings. The van der Waals surface area contributed by atoms with E-state index in [0.717, 1.165) is 17.7 Å². The average Bonchev–Trinajstić information content (AvgIpc) is 3.04. The van der Waals surface area contributed by atoms with Crippen LogP contribution >= 0.6 is 11.3 Å². The van der Waals surface area contributed by atoms with E-state index >= 15 is 0 Å². The van der Waals surface area contributed by atoms with Gasteiger partial charge in [-0.1, -0.05) is 90.4 Å². The van der Waals surface area contributed by atoms with Crippen LogP contribution in [-0.2, 0) is 16.4 Å². The van der Waals surface area contributed by atoms with Crippen LogP contribution in [0.15, 0.2) is 16.3 Å². The molecule has 5 heteroatoms. The zero-order valence-electron chi connectivity index (χ0n) is 16.0. The zero-order chi connectivity index (χ0) is 18.4. The van der Waals surface area contributed by atoms with Gasteiger partial charge in [0.1, 0.15) is 0 Å².